The molecule has 1 N–H and O–H groups in total. The summed E-state index contributed by atoms with van der Waals surface area (Å²) in [7, 11) is 0. The molecule has 1 nitrogen and oxygen atoms in total. The zero-order valence-electron chi connectivity index (χ0n) is 20.3. The molecule has 4 atom stereocenters. The van der Waals surface area contributed by atoms with E-state index in [0.29, 0.717) is 5.92 Å². The molecule has 0 aliphatic heterocycles. The highest BCUT2D eigenvalue weighted by Crippen LogP contribution is 2.41. The van der Waals surface area contributed by atoms with E-state index in [2.05, 4.69) is 110 Å². The van der Waals surface area contributed by atoms with Crippen LogP contribution in [0.5, 0.6) is 0 Å². The molecular weight excluding hydrogens is 384 g/mol. The molecule has 2 rings (SSSR count). The monoisotopic (exact) mass is 426 g/mol. The Bertz CT molecular complexity index is 752. The Morgan fingerprint density at radius 2 is 1.30 bits per heavy atom. The van der Waals surface area contributed by atoms with Crippen LogP contribution in [0.2, 0.25) is 0 Å². The van der Waals surface area contributed by atoms with Crippen LogP contribution in [0.25, 0.3) is 0 Å². The quantitative estimate of drug-likeness (QED) is 0.460. The van der Waals surface area contributed by atoms with Crippen LogP contribution >= 0.6 is 11.8 Å². The summed E-state index contributed by atoms with van der Waals surface area (Å²) in [4.78, 5) is 2.55. The van der Waals surface area contributed by atoms with Crippen LogP contribution in [0, 0.1) is 28.6 Å². The van der Waals surface area contributed by atoms with Crippen molar-refractivity contribution >= 4 is 11.8 Å². The highest BCUT2D eigenvalue weighted by Gasteiger charge is 2.38. The average Bonchev–Trinajstić information content (AvgIpc) is 2.66. The van der Waals surface area contributed by atoms with E-state index in [1.807, 2.05) is 0 Å². The molecule has 0 aliphatic carbocycles. The summed E-state index contributed by atoms with van der Waals surface area (Å²) >= 11 is 1.81. The lowest BCUT2D eigenvalue weighted by atomic mass is 9.65. The molecule has 0 saturated carbocycles. The van der Waals surface area contributed by atoms with Crippen LogP contribution < -0.4 is 0 Å². The van der Waals surface area contributed by atoms with Gasteiger partial charge in [-0.3, -0.25) is 0 Å². The van der Waals surface area contributed by atoms with Gasteiger partial charge in [-0.05, 0) is 71.3 Å². The maximum absolute atomic E-state index is 11.2. The number of hydrogen-bond acceptors (Lipinski definition) is 2. The average molecular weight is 427 g/mol. The van der Waals surface area contributed by atoms with Crippen molar-refractivity contribution in [3.8, 4) is 0 Å². The second-order valence-corrected chi connectivity index (χ2v) is 12.4. The zero-order valence-corrected chi connectivity index (χ0v) is 21.1. The van der Waals surface area contributed by atoms with Crippen molar-refractivity contribution in [2.45, 2.75) is 84.1 Å². The molecule has 0 aromatic heterocycles. The summed E-state index contributed by atoms with van der Waals surface area (Å²) < 4.78 is 0. The maximum Gasteiger partial charge on any atom is 0.0603 e. The fraction of sp³-hybridized carbons (Fsp3) is 0.571. The molecule has 0 bridgehead atoms. The minimum atomic E-state index is -0.280. The summed E-state index contributed by atoms with van der Waals surface area (Å²) in [6.07, 6.45) is 1.82. The van der Waals surface area contributed by atoms with Crippen molar-refractivity contribution in [1.82, 2.24) is 0 Å². The third-order valence-corrected chi connectivity index (χ3v) is 7.56. The predicted octanol–water partition coefficient (Wildman–Crippen LogP) is 8.11. The molecule has 4 unspecified atom stereocenters. The van der Waals surface area contributed by atoms with Gasteiger partial charge < -0.3 is 5.11 Å². The lowest BCUT2D eigenvalue weighted by Crippen LogP contribution is -2.41. The highest BCUT2D eigenvalue weighted by molar-refractivity contribution is 7.99. The van der Waals surface area contributed by atoms with Crippen molar-refractivity contribution in [3.63, 3.8) is 0 Å². The Balaban J connectivity index is 2.02. The van der Waals surface area contributed by atoms with Crippen LogP contribution in [0.1, 0.15) is 67.4 Å². The Hall–Kier alpha value is -1.25. The third-order valence-electron chi connectivity index (χ3n) is 6.55. The normalized spacial score (nSPS) is 16.7. The first kappa shape index (κ1) is 25.0. The van der Waals surface area contributed by atoms with Gasteiger partial charge in [-0.15, -0.1) is 0 Å². The second kappa shape index (κ2) is 10.4. The van der Waals surface area contributed by atoms with Gasteiger partial charge in [0, 0.05) is 9.79 Å². The summed E-state index contributed by atoms with van der Waals surface area (Å²) in [6.45, 7) is 18.1. The Kier molecular flexibility index (Phi) is 8.65. The summed E-state index contributed by atoms with van der Waals surface area (Å²) in [5.74, 6) is 1.08. The molecule has 0 saturated heterocycles. The number of benzene rings is 2. The van der Waals surface area contributed by atoms with Gasteiger partial charge in [-0.25, -0.2) is 0 Å². The first-order valence-corrected chi connectivity index (χ1v) is 12.2. The SMILES string of the molecule is CC(Cc1ccc(Sc2ccccc2)cc1)CC(C(O)C(C)C(C)(C)C)C(C)(C)C. The molecule has 0 radical (unpaired) electrons. The fourth-order valence-corrected chi connectivity index (χ4v) is 4.94. The van der Waals surface area contributed by atoms with Gasteiger partial charge in [0.1, 0.15) is 0 Å². The topological polar surface area (TPSA) is 20.2 Å². The molecule has 30 heavy (non-hydrogen) atoms. The zero-order chi connectivity index (χ0) is 22.5. The van der Waals surface area contributed by atoms with Crippen LogP contribution in [0.15, 0.2) is 64.4 Å². The molecule has 0 spiro atoms. The number of hydrogen-bond donors (Lipinski definition) is 1. The van der Waals surface area contributed by atoms with Gasteiger partial charge in [-0.1, -0.05) is 97.5 Å². The van der Waals surface area contributed by atoms with Crippen molar-refractivity contribution < 1.29 is 5.11 Å². The summed E-state index contributed by atoms with van der Waals surface area (Å²) in [6, 6.07) is 19.5. The molecule has 2 aromatic carbocycles. The standard InChI is InChI=1S/C28H42OS/c1-20(19-25(28(6,7)8)26(29)21(2)27(3,4)5)18-22-14-16-24(17-15-22)30-23-12-10-9-11-13-23/h9-17,20-21,25-26,29H,18-19H2,1-8H3. The van der Waals surface area contributed by atoms with E-state index in [9.17, 15) is 5.11 Å². The van der Waals surface area contributed by atoms with E-state index in [0.717, 1.165) is 12.8 Å². The van der Waals surface area contributed by atoms with Gasteiger partial charge in [0.25, 0.3) is 0 Å². The molecular formula is C28H42OS. The Morgan fingerprint density at radius 3 is 1.80 bits per heavy atom. The first-order chi connectivity index (χ1) is 13.9. The van der Waals surface area contributed by atoms with Gasteiger partial charge in [0.15, 0.2) is 0 Å². The van der Waals surface area contributed by atoms with Crippen LogP contribution in [0.3, 0.4) is 0 Å². The predicted molar refractivity (Wildman–Crippen MR) is 132 cm³/mol. The molecule has 2 heteroatoms. The van der Waals surface area contributed by atoms with E-state index < -0.39 is 0 Å². The van der Waals surface area contributed by atoms with Gasteiger partial charge in [-0.2, -0.15) is 0 Å². The highest BCUT2D eigenvalue weighted by atomic mass is 32.2. The second-order valence-electron chi connectivity index (χ2n) is 11.2. The van der Waals surface area contributed by atoms with E-state index in [4.69, 9.17) is 0 Å². The minimum Gasteiger partial charge on any atom is -0.393 e. The molecule has 0 amide bonds. The van der Waals surface area contributed by atoms with Crippen LogP contribution in [0.4, 0.5) is 0 Å². The van der Waals surface area contributed by atoms with Crippen molar-refractivity contribution in [2.24, 2.45) is 28.6 Å². The van der Waals surface area contributed by atoms with Gasteiger partial charge in [0.05, 0.1) is 6.10 Å². The van der Waals surface area contributed by atoms with E-state index in [-0.39, 0.29) is 28.8 Å². The van der Waals surface area contributed by atoms with E-state index in [1.165, 1.54) is 15.4 Å². The Morgan fingerprint density at radius 1 is 0.767 bits per heavy atom. The summed E-state index contributed by atoms with van der Waals surface area (Å²) in [5, 5.41) is 11.2. The maximum atomic E-state index is 11.2. The van der Waals surface area contributed by atoms with E-state index in [1.54, 1.807) is 11.8 Å². The third kappa shape index (κ3) is 7.46. The Labute approximate surface area is 189 Å². The van der Waals surface area contributed by atoms with Crippen molar-refractivity contribution in [3.05, 3.63) is 60.2 Å². The van der Waals surface area contributed by atoms with Gasteiger partial charge >= 0.3 is 0 Å². The molecule has 0 aliphatic rings. The molecule has 166 valence electrons. The number of aliphatic hydroxyl groups excluding tert-OH is 1. The molecule has 0 heterocycles. The largest absolute Gasteiger partial charge is 0.393 e. The fourth-order valence-electron chi connectivity index (χ4n) is 4.10. The lowest BCUT2D eigenvalue weighted by molar-refractivity contribution is -0.0383. The van der Waals surface area contributed by atoms with Crippen molar-refractivity contribution in [2.75, 3.05) is 0 Å². The lowest BCUT2D eigenvalue weighted by Gasteiger charge is -2.42. The first-order valence-electron chi connectivity index (χ1n) is 11.4. The van der Waals surface area contributed by atoms with Crippen LogP contribution in [-0.4, -0.2) is 11.2 Å². The molecule has 0 fully saturated rings. The van der Waals surface area contributed by atoms with Crippen LogP contribution in [-0.2, 0) is 6.42 Å². The summed E-state index contributed by atoms with van der Waals surface area (Å²) in [5.41, 5.74) is 1.58. The van der Waals surface area contributed by atoms with Crippen molar-refractivity contribution in [1.29, 1.82) is 0 Å². The smallest absolute Gasteiger partial charge is 0.0603 e. The number of aliphatic hydroxyl groups is 1. The number of rotatable bonds is 8. The van der Waals surface area contributed by atoms with E-state index >= 15 is 0 Å². The van der Waals surface area contributed by atoms with Gasteiger partial charge in [0.2, 0.25) is 0 Å². The minimum absolute atomic E-state index is 0.0867. The molecule has 2 aromatic rings.